The molecule has 0 unspecified atom stereocenters. The lowest BCUT2D eigenvalue weighted by molar-refractivity contribution is -0.192. The van der Waals surface area contributed by atoms with Crippen molar-refractivity contribution in [1.82, 2.24) is 4.72 Å². The van der Waals surface area contributed by atoms with Gasteiger partial charge in [0.2, 0.25) is 15.9 Å². The average Bonchev–Trinajstić information content (AvgIpc) is 2.66. The van der Waals surface area contributed by atoms with Gasteiger partial charge in [-0.1, -0.05) is 24.3 Å². The van der Waals surface area contributed by atoms with Crippen LogP contribution in [0, 0.1) is 0 Å². The van der Waals surface area contributed by atoms with E-state index in [1.807, 2.05) is 24.3 Å². The zero-order chi connectivity index (χ0) is 22.9. The fraction of sp³-hybridized carbons (Fsp3) is 0.222. The van der Waals surface area contributed by atoms with E-state index in [-0.39, 0.29) is 17.3 Å². The highest BCUT2D eigenvalue weighted by Gasteiger charge is 2.38. The van der Waals surface area contributed by atoms with Gasteiger partial charge >= 0.3 is 12.1 Å². The first-order valence-electron chi connectivity index (χ1n) is 8.30. The van der Waals surface area contributed by atoms with Gasteiger partial charge in [-0.3, -0.25) is 4.79 Å². The van der Waals surface area contributed by atoms with E-state index in [4.69, 9.17) is 15.6 Å². The van der Waals surface area contributed by atoms with E-state index in [1.54, 1.807) is 12.1 Å². The lowest BCUT2D eigenvalue weighted by Gasteiger charge is -2.08. The Labute approximate surface area is 170 Å². The quantitative estimate of drug-likeness (QED) is 0.536. The van der Waals surface area contributed by atoms with Crippen LogP contribution in [0.25, 0.3) is 0 Å². The molecule has 164 valence electrons. The predicted octanol–water partition coefficient (Wildman–Crippen LogP) is 2.22. The molecule has 0 saturated carbocycles. The van der Waals surface area contributed by atoms with Crippen LogP contribution in [0.2, 0.25) is 0 Å². The summed E-state index contributed by atoms with van der Waals surface area (Å²) < 4.78 is 58.8. The topological polar surface area (TPSA) is 139 Å². The van der Waals surface area contributed by atoms with Crippen molar-refractivity contribution in [3.05, 3.63) is 59.7 Å². The number of carboxylic acids is 1. The normalized spacial score (nSPS) is 11.2. The molecule has 5 N–H and O–H groups in total. The fourth-order valence-electron chi connectivity index (χ4n) is 1.98. The summed E-state index contributed by atoms with van der Waals surface area (Å²) in [6.07, 6.45) is -5.08. The minimum Gasteiger partial charge on any atom is -0.475 e. The molecule has 0 aromatic heterocycles. The number of nitrogens with one attached hydrogen (secondary N) is 2. The molecule has 0 spiro atoms. The molecule has 0 atom stereocenters. The summed E-state index contributed by atoms with van der Waals surface area (Å²) in [7, 11) is -3.61. The SMILES string of the molecule is CC(=O)Nc1ccc(S(=O)(=O)NCc2ccc(CN)cc2)cc1.O=C(O)C(F)(F)F. The summed E-state index contributed by atoms with van der Waals surface area (Å²) in [5.74, 6) is -2.97. The summed E-state index contributed by atoms with van der Waals surface area (Å²) >= 11 is 0. The second kappa shape index (κ2) is 10.7. The summed E-state index contributed by atoms with van der Waals surface area (Å²) in [6, 6.07) is 13.4. The fourth-order valence-corrected chi connectivity index (χ4v) is 2.99. The van der Waals surface area contributed by atoms with Gasteiger partial charge in [0, 0.05) is 25.7 Å². The van der Waals surface area contributed by atoms with Gasteiger partial charge in [-0.15, -0.1) is 0 Å². The molecule has 2 rings (SSSR count). The van der Waals surface area contributed by atoms with Gasteiger partial charge in [-0.2, -0.15) is 13.2 Å². The molecule has 2 aromatic carbocycles. The average molecular weight is 447 g/mol. The van der Waals surface area contributed by atoms with Crippen molar-refractivity contribution in [2.75, 3.05) is 5.32 Å². The first kappa shape index (κ1) is 25.1. The third kappa shape index (κ3) is 8.59. The molecular weight excluding hydrogens is 427 g/mol. The van der Waals surface area contributed by atoms with Crippen molar-refractivity contribution in [2.45, 2.75) is 31.1 Å². The Hall–Kier alpha value is -2.96. The summed E-state index contributed by atoms with van der Waals surface area (Å²) in [4.78, 5) is 20.0. The number of carbonyl (C=O) groups is 2. The monoisotopic (exact) mass is 447 g/mol. The highest BCUT2D eigenvalue weighted by Crippen LogP contribution is 2.15. The van der Waals surface area contributed by atoms with Crippen LogP contribution < -0.4 is 15.8 Å². The van der Waals surface area contributed by atoms with E-state index in [9.17, 15) is 26.4 Å². The molecule has 2 aromatic rings. The number of amides is 1. The van der Waals surface area contributed by atoms with Gasteiger partial charge < -0.3 is 16.2 Å². The number of hydrogen-bond acceptors (Lipinski definition) is 5. The maximum Gasteiger partial charge on any atom is 0.490 e. The van der Waals surface area contributed by atoms with Crippen LogP contribution in [0.1, 0.15) is 18.1 Å². The molecule has 0 radical (unpaired) electrons. The van der Waals surface area contributed by atoms with Gasteiger partial charge in [0.1, 0.15) is 0 Å². The van der Waals surface area contributed by atoms with Crippen LogP contribution in [-0.4, -0.2) is 31.6 Å². The van der Waals surface area contributed by atoms with Crippen molar-refractivity contribution in [1.29, 1.82) is 0 Å². The lowest BCUT2D eigenvalue weighted by Crippen LogP contribution is -2.23. The molecule has 0 saturated heterocycles. The molecule has 1 amide bonds. The van der Waals surface area contributed by atoms with Crippen molar-refractivity contribution >= 4 is 27.6 Å². The van der Waals surface area contributed by atoms with E-state index >= 15 is 0 Å². The van der Waals surface area contributed by atoms with Crippen molar-refractivity contribution in [2.24, 2.45) is 5.73 Å². The Balaban J connectivity index is 0.000000553. The van der Waals surface area contributed by atoms with Crippen LogP contribution >= 0.6 is 0 Å². The smallest absolute Gasteiger partial charge is 0.475 e. The number of anilines is 1. The Kier molecular flexibility index (Phi) is 8.95. The molecule has 0 aliphatic carbocycles. The molecule has 0 aliphatic heterocycles. The Bertz CT molecular complexity index is 960. The third-order valence-corrected chi connectivity index (χ3v) is 4.87. The molecule has 30 heavy (non-hydrogen) atoms. The van der Waals surface area contributed by atoms with E-state index < -0.39 is 22.2 Å². The van der Waals surface area contributed by atoms with Crippen molar-refractivity contribution in [3.63, 3.8) is 0 Å². The maximum absolute atomic E-state index is 12.2. The number of alkyl halides is 3. The van der Waals surface area contributed by atoms with E-state index in [1.165, 1.54) is 19.1 Å². The highest BCUT2D eigenvalue weighted by atomic mass is 32.2. The predicted molar refractivity (Wildman–Crippen MR) is 103 cm³/mol. The van der Waals surface area contributed by atoms with Gasteiger partial charge in [-0.05, 0) is 35.4 Å². The van der Waals surface area contributed by atoms with Crippen LogP contribution in [0.5, 0.6) is 0 Å². The van der Waals surface area contributed by atoms with Crippen molar-refractivity contribution < 1.29 is 36.3 Å². The van der Waals surface area contributed by atoms with Crippen LogP contribution in [0.4, 0.5) is 18.9 Å². The van der Waals surface area contributed by atoms with Gasteiger partial charge in [-0.25, -0.2) is 17.9 Å². The second-order valence-corrected chi connectivity index (χ2v) is 7.62. The minimum absolute atomic E-state index is 0.144. The standard InChI is InChI=1S/C16H19N3O3S.C2HF3O2/c1-12(20)19-15-6-8-16(9-7-15)23(21,22)18-11-14-4-2-13(10-17)3-5-14;3-2(4,5)1(6)7/h2-9,18H,10-11,17H2,1H3,(H,19,20);(H,6,7). The molecule has 0 bridgehead atoms. The van der Waals surface area contributed by atoms with Gasteiger partial charge in [0.25, 0.3) is 0 Å². The molecule has 12 heteroatoms. The number of carboxylic acid groups (broad SMARTS) is 1. The number of aliphatic carboxylic acids is 1. The summed E-state index contributed by atoms with van der Waals surface area (Å²) in [5, 5.41) is 9.71. The number of benzene rings is 2. The number of carbonyl (C=O) groups excluding carboxylic acids is 1. The summed E-state index contributed by atoms with van der Waals surface area (Å²) in [6.45, 7) is 2.04. The number of rotatable bonds is 6. The second-order valence-electron chi connectivity index (χ2n) is 5.85. The summed E-state index contributed by atoms with van der Waals surface area (Å²) in [5.41, 5.74) is 7.91. The maximum atomic E-state index is 12.2. The van der Waals surface area contributed by atoms with Crippen LogP contribution in [0.15, 0.2) is 53.4 Å². The lowest BCUT2D eigenvalue weighted by atomic mass is 10.1. The number of nitrogens with two attached hydrogens (primary N) is 1. The number of hydrogen-bond donors (Lipinski definition) is 4. The van der Waals surface area contributed by atoms with E-state index in [0.717, 1.165) is 11.1 Å². The van der Waals surface area contributed by atoms with E-state index in [2.05, 4.69) is 10.0 Å². The highest BCUT2D eigenvalue weighted by molar-refractivity contribution is 7.89. The number of sulfonamides is 1. The zero-order valence-corrected chi connectivity index (χ0v) is 16.5. The molecule has 8 nitrogen and oxygen atoms in total. The Morgan fingerprint density at radius 1 is 1.00 bits per heavy atom. The molecule has 0 fully saturated rings. The molecule has 0 aliphatic rings. The first-order valence-corrected chi connectivity index (χ1v) is 9.79. The molecule has 0 heterocycles. The van der Waals surface area contributed by atoms with Crippen LogP contribution in [0.3, 0.4) is 0 Å². The van der Waals surface area contributed by atoms with E-state index in [0.29, 0.717) is 12.2 Å². The van der Waals surface area contributed by atoms with Crippen LogP contribution in [-0.2, 0) is 32.7 Å². The largest absolute Gasteiger partial charge is 0.490 e. The Morgan fingerprint density at radius 2 is 1.47 bits per heavy atom. The zero-order valence-electron chi connectivity index (χ0n) is 15.7. The third-order valence-electron chi connectivity index (χ3n) is 3.45. The van der Waals surface area contributed by atoms with Crippen molar-refractivity contribution in [3.8, 4) is 0 Å². The molecular formula is C18H20F3N3O5S. The first-order chi connectivity index (χ1) is 13.8. The number of halogens is 3. The Morgan fingerprint density at radius 3 is 1.87 bits per heavy atom. The van der Waals surface area contributed by atoms with Gasteiger partial charge in [0.05, 0.1) is 4.90 Å². The van der Waals surface area contributed by atoms with Gasteiger partial charge in [0.15, 0.2) is 0 Å². The minimum atomic E-state index is -5.08.